The van der Waals surface area contributed by atoms with Crippen LogP contribution in [0, 0.1) is 0 Å². The minimum absolute atomic E-state index is 0.0102. The molecule has 9 nitrogen and oxygen atoms in total. The lowest BCUT2D eigenvalue weighted by atomic mass is 9.82. The molecule has 0 spiro atoms. The Hall–Kier alpha value is -3.90. The first-order chi connectivity index (χ1) is 25.6. The van der Waals surface area contributed by atoms with Gasteiger partial charge in [-0.05, 0) is 96.0 Å². The molecular formula is C42H72F3N6O3+. The zero-order valence-corrected chi connectivity index (χ0v) is 35.3. The summed E-state index contributed by atoms with van der Waals surface area (Å²) < 4.78 is 36.6. The van der Waals surface area contributed by atoms with Gasteiger partial charge in [-0.1, -0.05) is 79.3 Å². The van der Waals surface area contributed by atoms with Gasteiger partial charge in [0, 0.05) is 31.1 Å². The van der Waals surface area contributed by atoms with E-state index in [1.165, 1.54) is 31.5 Å². The van der Waals surface area contributed by atoms with Crippen LogP contribution in [0.25, 0.3) is 0 Å². The maximum Gasteiger partial charge on any atom is 0.416 e. The Bertz CT molecular complexity index is 1410. The summed E-state index contributed by atoms with van der Waals surface area (Å²) in [5.74, 6) is 0.0721. The lowest BCUT2D eigenvalue weighted by Crippen LogP contribution is -2.92. The molecule has 7 N–H and O–H groups in total. The summed E-state index contributed by atoms with van der Waals surface area (Å²) in [6.07, 6.45) is 6.40. The van der Waals surface area contributed by atoms with E-state index in [9.17, 15) is 27.9 Å². The number of nitrogens with zero attached hydrogens (tertiary/aromatic N) is 1. The van der Waals surface area contributed by atoms with Crippen molar-refractivity contribution in [3.63, 3.8) is 0 Å². The molecule has 1 aliphatic heterocycles. The topological polar surface area (TPSA) is 134 Å². The van der Waals surface area contributed by atoms with Gasteiger partial charge >= 0.3 is 6.18 Å². The van der Waals surface area contributed by atoms with Crippen LogP contribution in [-0.4, -0.2) is 84.2 Å². The molecule has 1 heterocycles. The summed E-state index contributed by atoms with van der Waals surface area (Å²) in [7, 11) is 3.38. The molecule has 1 aromatic carbocycles. The Morgan fingerprint density at radius 3 is 2.22 bits per heavy atom. The van der Waals surface area contributed by atoms with Crippen LogP contribution in [0.2, 0.25) is 0 Å². The van der Waals surface area contributed by atoms with E-state index in [1.807, 2.05) is 93.8 Å². The first-order valence-electron chi connectivity index (χ1n) is 19.4. The molecule has 0 radical (unpaired) electrons. The highest BCUT2D eigenvalue weighted by molar-refractivity contribution is 5.96. The van der Waals surface area contributed by atoms with Gasteiger partial charge in [-0.15, -0.1) is 0 Å². The molecular weight excluding hydrogens is 693 g/mol. The van der Waals surface area contributed by atoms with E-state index < -0.39 is 29.3 Å². The number of hydrogen-bond acceptors (Lipinski definition) is 5. The molecule has 0 bridgehead atoms. The highest BCUT2D eigenvalue weighted by Gasteiger charge is 2.56. The average molecular weight is 766 g/mol. The normalized spacial score (nSPS) is 21.0. The van der Waals surface area contributed by atoms with E-state index >= 15 is 0 Å². The number of likely N-dealkylation sites (N-methyl/N-ethyl adjacent to an activating group) is 2. The Kier molecular flexibility index (Phi) is 25.9. The van der Waals surface area contributed by atoms with Crippen LogP contribution in [-0.2, 0) is 17.6 Å². The van der Waals surface area contributed by atoms with E-state index in [0.29, 0.717) is 18.8 Å². The van der Waals surface area contributed by atoms with Gasteiger partial charge < -0.3 is 21.1 Å². The van der Waals surface area contributed by atoms with Crippen LogP contribution < -0.4 is 26.7 Å². The van der Waals surface area contributed by atoms with E-state index in [1.54, 1.807) is 0 Å². The maximum absolute atomic E-state index is 13.3. The zero-order chi connectivity index (χ0) is 42.2. The minimum Gasteiger partial charge on any atom is -0.389 e. The number of allylic oxidation sites excluding steroid dienone is 4. The molecule has 5 unspecified atom stereocenters. The predicted molar refractivity (Wildman–Crippen MR) is 219 cm³/mol. The van der Waals surface area contributed by atoms with Crippen molar-refractivity contribution in [2.45, 2.75) is 144 Å². The first-order valence-corrected chi connectivity index (χ1v) is 19.4. The number of alkyl halides is 3. The van der Waals surface area contributed by atoms with Crippen LogP contribution in [0.15, 0.2) is 66.4 Å². The molecule has 54 heavy (non-hydrogen) atoms. The number of amidine groups is 1. The molecule has 3 rings (SSSR count). The third-order valence-corrected chi connectivity index (χ3v) is 9.23. The number of halogens is 3. The van der Waals surface area contributed by atoms with Crippen LogP contribution >= 0.6 is 0 Å². The summed E-state index contributed by atoms with van der Waals surface area (Å²) >= 11 is 0. The van der Waals surface area contributed by atoms with Crippen molar-refractivity contribution >= 4 is 17.6 Å². The molecule has 2 aliphatic rings. The number of fused-ring (bicyclic) bond motifs is 1. The minimum atomic E-state index is -4.41. The second-order valence-electron chi connectivity index (χ2n) is 12.4. The summed E-state index contributed by atoms with van der Waals surface area (Å²) in [5, 5.41) is 20.3. The van der Waals surface area contributed by atoms with Crippen molar-refractivity contribution in [1.82, 2.24) is 20.9 Å². The number of nitrogens with two attached hydrogens (primary N) is 1. The highest BCUT2D eigenvalue weighted by Crippen LogP contribution is 2.32. The number of aliphatic hydroxyl groups is 1. The predicted octanol–water partition coefficient (Wildman–Crippen LogP) is 5.89. The third kappa shape index (κ3) is 15.1. The van der Waals surface area contributed by atoms with Gasteiger partial charge in [0.1, 0.15) is 6.04 Å². The fourth-order valence-electron chi connectivity index (χ4n) is 6.22. The average Bonchev–Trinajstić information content (AvgIpc) is 3.40. The van der Waals surface area contributed by atoms with E-state index in [-0.39, 0.29) is 29.6 Å². The van der Waals surface area contributed by atoms with Crippen LogP contribution in [0.1, 0.15) is 117 Å². The van der Waals surface area contributed by atoms with Crippen LogP contribution in [0.4, 0.5) is 13.2 Å². The molecule has 1 aromatic rings. The molecule has 1 fully saturated rings. The van der Waals surface area contributed by atoms with E-state index in [0.717, 1.165) is 43.1 Å². The second kappa shape index (κ2) is 26.8. The Balaban J connectivity index is 0. The number of hydrogen-bond donors (Lipinski definition) is 6. The van der Waals surface area contributed by atoms with Crippen molar-refractivity contribution in [1.29, 1.82) is 0 Å². The first kappa shape index (κ1) is 52.2. The van der Waals surface area contributed by atoms with Crippen molar-refractivity contribution < 1.29 is 32.9 Å². The second-order valence-corrected chi connectivity index (χ2v) is 12.4. The molecule has 1 saturated heterocycles. The number of carbonyl (C=O) groups excluding carboxylic acids is 2. The molecule has 1 aliphatic carbocycles. The SMILES string of the molecule is C/C=C\NC(C)C([NH+]=C(N)CC)C1(C)C(O)C(NC(=O)c2cccc3c2CCCC3)CN1C.C=C(/C=C\C(=C/C)C(F)(F)F)C(=O)NC.CC.CC.CC. The van der Waals surface area contributed by atoms with Crippen molar-refractivity contribution in [3.8, 4) is 0 Å². The highest BCUT2D eigenvalue weighted by atomic mass is 19.4. The maximum atomic E-state index is 13.3. The third-order valence-electron chi connectivity index (χ3n) is 9.23. The molecule has 308 valence electrons. The number of likely N-dealkylation sites (tertiary alicyclic amines) is 1. The van der Waals surface area contributed by atoms with Crippen molar-refractivity contribution in [2.75, 3.05) is 20.6 Å². The standard InChI is InChI=1S/C26H41N5O2.C10H12F3NO.3C2H6/c1-6-15-28-17(3)23(30-22(27)7-2)26(4)24(32)21(16-31(26)5)29-25(33)20-14-10-12-18-11-8-9-13-19(18)20;1-4-8(10(11,12)13)6-5-7(2)9(15)14-3;3*1-2/h6,10,12,14-15,17,21,23-24,28,32H,7-9,11,13,16H2,1-5H3,(H2,27,30)(H,29,33);4-6H,2H2,1,3H3,(H,14,15);3*1-2H3/p+1/b15-6-;6-5-,8-4+;;;. The number of benzene rings is 1. The molecule has 5 atom stereocenters. The number of amides is 2. The summed E-state index contributed by atoms with van der Waals surface area (Å²) in [4.78, 5) is 29.8. The lowest BCUT2D eigenvalue weighted by molar-refractivity contribution is -0.529. The van der Waals surface area contributed by atoms with Crippen LogP contribution in [0.3, 0.4) is 0 Å². The van der Waals surface area contributed by atoms with Gasteiger partial charge in [-0.3, -0.25) is 25.2 Å². The summed E-state index contributed by atoms with van der Waals surface area (Å²) in [6.45, 7) is 25.2. The number of carbonyl (C=O) groups is 2. The zero-order valence-electron chi connectivity index (χ0n) is 35.3. The summed E-state index contributed by atoms with van der Waals surface area (Å²) in [6, 6.07) is 5.44. The Morgan fingerprint density at radius 2 is 1.70 bits per heavy atom. The Labute approximate surface area is 324 Å². The smallest absolute Gasteiger partial charge is 0.389 e. The van der Waals surface area contributed by atoms with Crippen molar-refractivity contribution in [3.05, 3.63) is 83.1 Å². The van der Waals surface area contributed by atoms with Gasteiger partial charge in [0.15, 0.2) is 0 Å². The van der Waals surface area contributed by atoms with Gasteiger partial charge in [0.25, 0.3) is 5.91 Å². The van der Waals surface area contributed by atoms with Gasteiger partial charge in [0.05, 0.1) is 29.3 Å². The van der Waals surface area contributed by atoms with Crippen LogP contribution in [0.5, 0.6) is 0 Å². The van der Waals surface area contributed by atoms with Crippen molar-refractivity contribution in [2.24, 2.45) is 5.73 Å². The fourth-order valence-corrected chi connectivity index (χ4v) is 6.22. The summed E-state index contributed by atoms with van der Waals surface area (Å²) in [5.41, 5.74) is 7.91. The molecule has 0 saturated carbocycles. The number of aryl methyl sites for hydroxylation is 1. The van der Waals surface area contributed by atoms with Gasteiger partial charge in [-0.25, -0.2) is 0 Å². The van der Waals surface area contributed by atoms with E-state index in [4.69, 9.17) is 5.73 Å². The largest absolute Gasteiger partial charge is 0.416 e. The number of rotatable bonds is 11. The fraction of sp³-hybridized carbons (Fsp3) is 0.595. The number of nitrogens with one attached hydrogen (secondary N) is 4. The van der Waals surface area contributed by atoms with Gasteiger partial charge in [0.2, 0.25) is 11.7 Å². The quantitative estimate of drug-likeness (QED) is 0.0721. The Morgan fingerprint density at radius 1 is 1.11 bits per heavy atom. The monoisotopic (exact) mass is 766 g/mol. The molecule has 12 heteroatoms. The van der Waals surface area contributed by atoms with E-state index in [2.05, 4.69) is 45.4 Å². The van der Waals surface area contributed by atoms with Gasteiger partial charge in [-0.2, -0.15) is 13.2 Å². The molecule has 2 amide bonds. The molecule has 0 aromatic heterocycles. The lowest BCUT2D eigenvalue weighted by Gasteiger charge is -2.41. The number of aliphatic hydroxyl groups excluding tert-OH is 1.